The monoisotopic (exact) mass is 423 g/mol. The van der Waals surface area contributed by atoms with Gasteiger partial charge in [0, 0.05) is 32.3 Å². The molecule has 1 N–H and O–H groups in total. The number of rotatable bonds is 6. The van der Waals surface area contributed by atoms with Crippen molar-refractivity contribution < 1.29 is 19.1 Å². The van der Waals surface area contributed by atoms with Gasteiger partial charge >= 0.3 is 0 Å². The maximum absolute atomic E-state index is 13.2. The molecule has 0 saturated carbocycles. The summed E-state index contributed by atoms with van der Waals surface area (Å²) in [7, 11) is 0. The van der Waals surface area contributed by atoms with E-state index in [1.165, 1.54) is 35.6 Å². The maximum Gasteiger partial charge on any atom is 0.247 e. The lowest BCUT2D eigenvalue weighted by molar-refractivity contribution is -0.144. The van der Waals surface area contributed by atoms with E-state index in [0.29, 0.717) is 31.7 Å². The zero-order chi connectivity index (χ0) is 20.8. The molecule has 29 heavy (non-hydrogen) atoms. The fourth-order valence-corrected chi connectivity index (χ4v) is 3.92. The van der Waals surface area contributed by atoms with Crippen molar-refractivity contribution in [1.82, 2.24) is 14.7 Å². The van der Waals surface area contributed by atoms with Crippen molar-refractivity contribution in [2.24, 2.45) is 0 Å². The lowest BCUT2D eigenvalue weighted by atomic mass is 10.1. The summed E-state index contributed by atoms with van der Waals surface area (Å²) < 4.78 is 13.2. The summed E-state index contributed by atoms with van der Waals surface area (Å²) in [5.74, 6) is -0.966. The van der Waals surface area contributed by atoms with Crippen molar-refractivity contribution in [1.29, 1.82) is 0 Å². The predicted octanol–water partition coefficient (Wildman–Crippen LogP) is 2.01. The van der Waals surface area contributed by atoms with Gasteiger partial charge < -0.3 is 19.8 Å². The molecule has 0 bridgehead atoms. The molecule has 1 unspecified atom stereocenters. The maximum atomic E-state index is 13.2. The molecule has 6 nitrogen and oxygen atoms in total. The lowest BCUT2D eigenvalue weighted by Gasteiger charge is -2.36. The van der Waals surface area contributed by atoms with E-state index in [1.807, 2.05) is 0 Å². The molecule has 8 heteroatoms. The van der Waals surface area contributed by atoms with Gasteiger partial charge in [0.2, 0.25) is 11.8 Å². The Morgan fingerprint density at radius 1 is 1.17 bits per heavy atom. The predicted molar refractivity (Wildman–Crippen MR) is 110 cm³/mol. The number of aliphatic hydroxyl groups excluding tert-OH is 1. The van der Waals surface area contributed by atoms with Crippen LogP contribution in [0.4, 0.5) is 4.39 Å². The number of nitrogens with zero attached hydrogens (tertiary/aromatic N) is 3. The van der Waals surface area contributed by atoms with Crippen LogP contribution in [0, 0.1) is 5.82 Å². The molecule has 1 aromatic rings. The number of carbonyl (C=O) groups excluding carboxylic acids is 2. The van der Waals surface area contributed by atoms with E-state index in [4.69, 9.17) is 11.6 Å². The third kappa shape index (κ3) is 6.26. The Kier molecular flexibility index (Phi) is 7.64. The molecule has 0 spiro atoms. The summed E-state index contributed by atoms with van der Waals surface area (Å²) in [5.41, 5.74) is 0.607. The molecule has 2 aliphatic rings. The zero-order valence-corrected chi connectivity index (χ0v) is 17.2. The van der Waals surface area contributed by atoms with E-state index in [-0.39, 0.29) is 23.4 Å². The molecule has 1 aromatic carbocycles. The van der Waals surface area contributed by atoms with Crippen molar-refractivity contribution in [3.05, 3.63) is 40.7 Å². The van der Waals surface area contributed by atoms with Crippen LogP contribution in [0.1, 0.15) is 24.8 Å². The summed E-state index contributed by atoms with van der Waals surface area (Å²) in [6.07, 6.45) is 5.88. The standard InChI is InChI=1S/C21H27ClFN3O3/c22-18-12-16(4-6-19(18)23)5-7-20(28)26-11-10-25(21(29)15-26)14-17(27)13-24-8-2-1-3-9-24/h4-7,12,17,27H,1-3,8-11,13-15H2/b7-5+. The second kappa shape index (κ2) is 10.2. The molecule has 158 valence electrons. The van der Waals surface area contributed by atoms with Crippen molar-refractivity contribution >= 4 is 29.5 Å². The van der Waals surface area contributed by atoms with Gasteiger partial charge in [0.15, 0.2) is 0 Å². The van der Waals surface area contributed by atoms with Crippen molar-refractivity contribution in [2.75, 3.05) is 45.8 Å². The SMILES string of the molecule is O=C(/C=C/c1ccc(F)c(Cl)c1)N1CCN(CC(O)CN2CCCCC2)C(=O)C1. The van der Waals surface area contributed by atoms with E-state index in [0.717, 1.165) is 25.9 Å². The third-order valence-corrected chi connectivity index (χ3v) is 5.63. The van der Waals surface area contributed by atoms with E-state index in [9.17, 15) is 19.1 Å². The molecule has 1 atom stereocenters. The number of β-amino-alcohol motifs (C(OH)–C–C–N with tert-alkyl or cyclic N) is 1. The fourth-order valence-electron chi connectivity index (χ4n) is 3.73. The average molecular weight is 424 g/mol. The smallest absolute Gasteiger partial charge is 0.247 e. The number of piperazine rings is 1. The Morgan fingerprint density at radius 2 is 1.93 bits per heavy atom. The van der Waals surface area contributed by atoms with E-state index >= 15 is 0 Å². The van der Waals surface area contributed by atoms with Gasteiger partial charge in [0.1, 0.15) is 12.4 Å². The topological polar surface area (TPSA) is 64.1 Å². The van der Waals surface area contributed by atoms with Gasteiger partial charge in [0.25, 0.3) is 0 Å². The van der Waals surface area contributed by atoms with Crippen LogP contribution in [0.5, 0.6) is 0 Å². The highest BCUT2D eigenvalue weighted by atomic mass is 35.5. The van der Waals surface area contributed by atoms with E-state index < -0.39 is 11.9 Å². The molecule has 0 radical (unpaired) electrons. The average Bonchev–Trinajstić information content (AvgIpc) is 2.71. The first-order chi connectivity index (χ1) is 13.9. The summed E-state index contributed by atoms with van der Waals surface area (Å²) in [6.45, 7) is 3.67. The van der Waals surface area contributed by atoms with Crippen LogP contribution < -0.4 is 0 Å². The first kappa shape index (κ1) is 21.7. The number of aliphatic hydroxyl groups is 1. The number of benzene rings is 1. The molecular weight excluding hydrogens is 397 g/mol. The Morgan fingerprint density at radius 3 is 2.62 bits per heavy atom. The highest BCUT2D eigenvalue weighted by Crippen LogP contribution is 2.17. The van der Waals surface area contributed by atoms with Crippen LogP contribution in [0.3, 0.4) is 0 Å². The van der Waals surface area contributed by atoms with Crippen molar-refractivity contribution in [2.45, 2.75) is 25.4 Å². The van der Waals surface area contributed by atoms with Gasteiger partial charge in [-0.05, 0) is 49.7 Å². The van der Waals surface area contributed by atoms with Crippen molar-refractivity contribution in [3.63, 3.8) is 0 Å². The molecule has 2 heterocycles. The molecule has 2 fully saturated rings. The molecular formula is C21H27ClFN3O3. The van der Waals surface area contributed by atoms with Gasteiger partial charge in [-0.25, -0.2) is 4.39 Å². The minimum absolute atomic E-state index is 0.00787. The molecule has 2 aliphatic heterocycles. The molecule has 2 saturated heterocycles. The van der Waals surface area contributed by atoms with E-state index in [2.05, 4.69) is 4.90 Å². The highest BCUT2D eigenvalue weighted by molar-refractivity contribution is 6.30. The Balaban J connectivity index is 1.47. The van der Waals surface area contributed by atoms with Crippen LogP contribution in [-0.2, 0) is 9.59 Å². The molecule has 2 amide bonds. The third-order valence-electron chi connectivity index (χ3n) is 5.34. The minimum atomic E-state index is -0.581. The van der Waals surface area contributed by atoms with Crippen LogP contribution in [0.15, 0.2) is 24.3 Å². The number of halogens is 2. The number of piperidine rings is 1. The molecule has 0 aromatic heterocycles. The highest BCUT2D eigenvalue weighted by Gasteiger charge is 2.28. The van der Waals surface area contributed by atoms with Gasteiger partial charge in [-0.15, -0.1) is 0 Å². The van der Waals surface area contributed by atoms with Crippen LogP contribution in [0.2, 0.25) is 5.02 Å². The molecule has 0 aliphatic carbocycles. The quantitative estimate of drug-likeness (QED) is 0.711. The number of amides is 2. The summed E-state index contributed by atoms with van der Waals surface area (Å²) in [6, 6.07) is 4.20. The van der Waals surface area contributed by atoms with Gasteiger partial charge in [-0.3, -0.25) is 9.59 Å². The first-order valence-corrected chi connectivity index (χ1v) is 10.4. The Labute approximate surface area is 175 Å². The van der Waals surface area contributed by atoms with Gasteiger partial charge in [-0.1, -0.05) is 24.1 Å². The number of carbonyl (C=O) groups is 2. The number of hydrogen-bond donors (Lipinski definition) is 1. The second-order valence-corrected chi connectivity index (χ2v) is 8.03. The number of hydrogen-bond acceptors (Lipinski definition) is 4. The first-order valence-electron chi connectivity index (χ1n) is 10.0. The van der Waals surface area contributed by atoms with Crippen LogP contribution in [-0.4, -0.2) is 83.5 Å². The van der Waals surface area contributed by atoms with Crippen LogP contribution in [0.25, 0.3) is 6.08 Å². The van der Waals surface area contributed by atoms with Crippen LogP contribution >= 0.6 is 11.6 Å². The fraction of sp³-hybridized carbons (Fsp3) is 0.524. The number of likely N-dealkylation sites (tertiary alicyclic amines) is 1. The van der Waals surface area contributed by atoms with Crippen molar-refractivity contribution in [3.8, 4) is 0 Å². The van der Waals surface area contributed by atoms with Gasteiger partial charge in [0.05, 0.1) is 11.1 Å². The summed E-state index contributed by atoms with van der Waals surface area (Å²) in [4.78, 5) is 30.1. The van der Waals surface area contributed by atoms with E-state index in [1.54, 1.807) is 11.0 Å². The summed E-state index contributed by atoms with van der Waals surface area (Å²) in [5, 5.41) is 10.3. The normalized spacial score (nSPS) is 19.8. The van der Waals surface area contributed by atoms with Gasteiger partial charge in [-0.2, -0.15) is 0 Å². The molecule has 3 rings (SSSR count). The zero-order valence-electron chi connectivity index (χ0n) is 16.4. The Bertz CT molecular complexity index is 768. The lowest BCUT2D eigenvalue weighted by Crippen LogP contribution is -2.54. The largest absolute Gasteiger partial charge is 0.390 e. The minimum Gasteiger partial charge on any atom is -0.390 e. The second-order valence-electron chi connectivity index (χ2n) is 7.62. The Hall–Kier alpha value is -1.96. The summed E-state index contributed by atoms with van der Waals surface area (Å²) >= 11 is 5.74.